The first-order valence-electron chi connectivity index (χ1n) is 7.63. The predicted molar refractivity (Wildman–Crippen MR) is 77.5 cm³/mol. The first kappa shape index (κ1) is 13.6. The lowest BCUT2D eigenvalue weighted by Crippen LogP contribution is -2.34. The monoisotopic (exact) mass is 276 g/mol. The minimum atomic E-state index is 0.101. The van der Waals surface area contributed by atoms with E-state index in [9.17, 15) is 4.79 Å². The van der Waals surface area contributed by atoms with E-state index >= 15 is 0 Å². The van der Waals surface area contributed by atoms with E-state index in [1.807, 2.05) is 4.90 Å². The van der Waals surface area contributed by atoms with E-state index in [-0.39, 0.29) is 5.91 Å². The van der Waals surface area contributed by atoms with Crippen molar-refractivity contribution < 1.29 is 4.79 Å². The summed E-state index contributed by atoms with van der Waals surface area (Å²) in [4.78, 5) is 14.7. The van der Waals surface area contributed by atoms with Gasteiger partial charge in [0.25, 0.3) is 5.91 Å². The fraction of sp³-hybridized carbons (Fsp3) is 0.733. The van der Waals surface area contributed by atoms with Gasteiger partial charge in [0.15, 0.2) is 5.69 Å². The number of aromatic nitrogens is 2. The molecule has 0 unspecified atom stereocenters. The van der Waals surface area contributed by atoms with Crippen molar-refractivity contribution in [1.82, 2.24) is 20.4 Å². The number of nitrogens with one attached hydrogen (secondary N) is 2. The maximum atomic E-state index is 12.7. The van der Waals surface area contributed by atoms with Crippen LogP contribution in [-0.2, 0) is 13.0 Å². The largest absolute Gasteiger partial charge is 0.337 e. The number of fused-ring (bicyclic) bond motifs is 1. The Morgan fingerprint density at radius 2 is 2.15 bits per heavy atom. The third-order valence-corrected chi connectivity index (χ3v) is 4.64. The molecule has 0 saturated carbocycles. The molecule has 0 spiro atoms. The smallest absolute Gasteiger partial charge is 0.274 e. The maximum absolute atomic E-state index is 12.7. The van der Waals surface area contributed by atoms with Gasteiger partial charge in [-0.15, -0.1) is 0 Å². The lowest BCUT2D eigenvalue weighted by atomic mass is 9.85. The lowest BCUT2D eigenvalue weighted by molar-refractivity contribution is 0.0750. The summed E-state index contributed by atoms with van der Waals surface area (Å²) in [7, 11) is 0. The van der Waals surface area contributed by atoms with Crippen LogP contribution in [0.4, 0.5) is 0 Å². The van der Waals surface area contributed by atoms with Gasteiger partial charge in [-0.05, 0) is 24.7 Å². The minimum absolute atomic E-state index is 0.101. The Kier molecular flexibility index (Phi) is 3.54. The molecule has 2 N–H and O–H groups in total. The van der Waals surface area contributed by atoms with Crippen molar-refractivity contribution in [2.45, 2.75) is 46.1 Å². The lowest BCUT2D eigenvalue weighted by Gasteiger charge is -2.23. The molecule has 0 aliphatic carbocycles. The Morgan fingerprint density at radius 3 is 3.00 bits per heavy atom. The topological polar surface area (TPSA) is 61.0 Å². The summed E-state index contributed by atoms with van der Waals surface area (Å²) in [6.07, 6.45) is 4.28. The van der Waals surface area contributed by atoms with Gasteiger partial charge in [-0.25, -0.2) is 0 Å². The highest BCUT2D eigenvalue weighted by atomic mass is 16.2. The molecule has 0 atom stereocenters. The predicted octanol–water partition coefficient (Wildman–Crippen LogP) is 1.71. The highest BCUT2D eigenvalue weighted by Gasteiger charge is 2.29. The van der Waals surface area contributed by atoms with Gasteiger partial charge in [-0.3, -0.25) is 9.89 Å². The van der Waals surface area contributed by atoms with Gasteiger partial charge in [-0.1, -0.05) is 13.8 Å². The molecule has 0 aromatic carbocycles. The molecule has 2 aliphatic rings. The average molecular weight is 276 g/mol. The summed E-state index contributed by atoms with van der Waals surface area (Å²) in [6.45, 7) is 8.01. The summed E-state index contributed by atoms with van der Waals surface area (Å²) >= 11 is 0. The van der Waals surface area contributed by atoms with Crippen LogP contribution in [0.1, 0.15) is 54.9 Å². The number of rotatable bonds is 1. The molecule has 1 fully saturated rings. The molecule has 5 heteroatoms. The molecular formula is C15H24N4O. The summed E-state index contributed by atoms with van der Waals surface area (Å²) in [5.41, 5.74) is 3.18. The van der Waals surface area contributed by atoms with Gasteiger partial charge in [-0.2, -0.15) is 5.10 Å². The molecule has 0 bridgehead atoms. The number of carbonyl (C=O) groups is 1. The van der Waals surface area contributed by atoms with Crippen LogP contribution in [0.3, 0.4) is 0 Å². The van der Waals surface area contributed by atoms with Crippen molar-refractivity contribution >= 4 is 5.91 Å². The molecule has 20 heavy (non-hydrogen) atoms. The number of likely N-dealkylation sites (tertiary alicyclic amines) is 1. The second-order valence-electron chi connectivity index (χ2n) is 6.77. The Bertz CT molecular complexity index is 506. The third-order valence-electron chi connectivity index (χ3n) is 4.64. The van der Waals surface area contributed by atoms with Gasteiger partial charge < -0.3 is 10.2 Å². The van der Waals surface area contributed by atoms with E-state index in [2.05, 4.69) is 29.4 Å². The number of aromatic amines is 1. The molecule has 1 aromatic rings. The van der Waals surface area contributed by atoms with Crippen LogP contribution in [0.15, 0.2) is 0 Å². The number of hydrogen-bond donors (Lipinski definition) is 2. The van der Waals surface area contributed by atoms with Crippen LogP contribution in [0.25, 0.3) is 0 Å². The molecule has 1 aromatic heterocycles. The van der Waals surface area contributed by atoms with E-state index in [0.29, 0.717) is 11.1 Å². The van der Waals surface area contributed by atoms with E-state index in [1.54, 1.807) is 0 Å². The highest BCUT2D eigenvalue weighted by molar-refractivity contribution is 5.94. The molecule has 3 rings (SSSR count). The van der Waals surface area contributed by atoms with Crippen molar-refractivity contribution in [2.75, 3.05) is 19.6 Å². The van der Waals surface area contributed by atoms with Crippen LogP contribution in [0, 0.1) is 5.41 Å². The average Bonchev–Trinajstić information content (AvgIpc) is 2.77. The van der Waals surface area contributed by atoms with Gasteiger partial charge in [0.1, 0.15) is 0 Å². The number of H-pyrrole nitrogens is 1. The van der Waals surface area contributed by atoms with Gasteiger partial charge in [0.05, 0.1) is 0 Å². The summed E-state index contributed by atoms with van der Waals surface area (Å²) < 4.78 is 0. The zero-order valence-corrected chi connectivity index (χ0v) is 12.5. The maximum Gasteiger partial charge on any atom is 0.274 e. The summed E-state index contributed by atoms with van der Waals surface area (Å²) in [6, 6.07) is 0. The van der Waals surface area contributed by atoms with Crippen molar-refractivity contribution in [3.05, 3.63) is 17.0 Å². The Hall–Kier alpha value is -1.36. The Balaban J connectivity index is 1.77. The van der Waals surface area contributed by atoms with E-state index in [4.69, 9.17) is 0 Å². The number of hydrogen-bond acceptors (Lipinski definition) is 3. The van der Waals surface area contributed by atoms with E-state index in [1.165, 1.54) is 6.42 Å². The first-order chi connectivity index (χ1) is 9.57. The van der Waals surface area contributed by atoms with Crippen LogP contribution in [-0.4, -0.2) is 40.6 Å². The van der Waals surface area contributed by atoms with Crippen molar-refractivity contribution in [3.63, 3.8) is 0 Å². The van der Waals surface area contributed by atoms with Gasteiger partial charge in [0.2, 0.25) is 0 Å². The molecule has 5 nitrogen and oxygen atoms in total. The summed E-state index contributed by atoms with van der Waals surface area (Å²) in [5.74, 6) is 0.101. The number of carbonyl (C=O) groups excluding carboxylic acids is 1. The molecule has 3 heterocycles. The SMILES string of the molecule is CC1(C)CCCN(C(=O)c2n[nH]c3c2CNCC3)CC1. The normalized spacial score (nSPS) is 22.2. The fourth-order valence-corrected chi connectivity index (χ4v) is 3.18. The summed E-state index contributed by atoms with van der Waals surface area (Å²) in [5, 5.41) is 10.6. The molecule has 2 aliphatic heterocycles. The molecule has 0 radical (unpaired) electrons. The Morgan fingerprint density at radius 1 is 1.30 bits per heavy atom. The van der Waals surface area contributed by atoms with E-state index in [0.717, 1.165) is 56.7 Å². The molecule has 1 saturated heterocycles. The standard InChI is InChI=1S/C15H24N4O/c1-15(2)5-3-8-19(9-6-15)14(20)13-11-10-16-7-4-12(11)17-18-13/h16H,3-10H2,1-2H3,(H,17,18). The quantitative estimate of drug-likeness (QED) is 0.821. The van der Waals surface area contributed by atoms with Crippen LogP contribution in [0.2, 0.25) is 0 Å². The third kappa shape index (κ3) is 2.59. The first-order valence-corrected chi connectivity index (χ1v) is 7.63. The number of nitrogens with zero attached hydrogens (tertiary/aromatic N) is 2. The van der Waals surface area contributed by atoms with Gasteiger partial charge in [0, 0.05) is 43.9 Å². The highest BCUT2D eigenvalue weighted by Crippen LogP contribution is 2.30. The minimum Gasteiger partial charge on any atom is -0.337 e. The van der Waals surface area contributed by atoms with Crippen molar-refractivity contribution in [2.24, 2.45) is 5.41 Å². The van der Waals surface area contributed by atoms with Gasteiger partial charge >= 0.3 is 0 Å². The fourth-order valence-electron chi connectivity index (χ4n) is 3.18. The Labute approximate surface area is 120 Å². The van der Waals surface area contributed by atoms with Crippen molar-refractivity contribution in [1.29, 1.82) is 0 Å². The van der Waals surface area contributed by atoms with E-state index < -0.39 is 0 Å². The second kappa shape index (κ2) is 5.20. The van der Waals surface area contributed by atoms with Crippen LogP contribution < -0.4 is 5.32 Å². The molecular weight excluding hydrogens is 252 g/mol. The zero-order chi connectivity index (χ0) is 14.2. The molecule has 110 valence electrons. The molecule has 1 amide bonds. The second-order valence-corrected chi connectivity index (χ2v) is 6.77. The van der Waals surface area contributed by atoms with Crippen molar-refractivity contribution in [3.8, 4) is 0 Å². The zero-order valence-electron chi connectivity index (χ0n) is 12.5. The van der Waals surface area contributed by atoms with Crippen LogP contribution >= 0.6 is 0 Å². The number of amides is 1. The van der Waals surface area contributed by atoms with Crippen LogP contribution in [0.5, 0.6) is 0 Å².